The van der Waals surface area contributed by atoms with Crippen LogP contribution in [-0.4, -0.2) is 13.7 Å². The minimum atomic E-state index is 0.232. The lowest BCUT2D eigenvalue weighted by atomic mass is 9.69. The van der Waals surface area contributed by atoms with E-state index in [1.54, 1.807) is 0 Å². The van der Waals surface area contributed by atoms with Crippen LogP contribution < -0.4 is 10.6 Å². The highest BCUT2D eigenvalue weighted by molar-refractivity contribution is 6.34. The van der Waals surface area contributed by atoms with Gasteiger partial charge in [0.05, 0.1) is 44.8 Å². The minimum Gasteiger partial charge on any atom is -0.308 e. The predicted octanol–water partition coefficient (Wildman–Crippen LogP) is 36.0. The van der Waals surface area contributed by atoms with E-state index in [2.05, 4.69) is 523 Å². The Kier molecular flexibility index (Phi) is 18.0. The normalized spacial score (nSPS) is 13.8. The zero-order valence-corrected chi connectivity index (χ0v) is 78.1. The third-order valence-electron chi connectivity index (χ3n) is 31.3. The number of allylic oxidation sites excluding steroid dienone is 10. The number of hydrogen-bond acceptors (Lipinski definition) is 0. The Morgan fingerprint density at radius 2 is 0.615 bits per heavy atom. The van der Waals surface area contributed by atoms with Crippen LogP contribution in [0.4, 0.5) is 0 Å². The minimum absolute atomic E-state index is 0.232. The molecule has 1 unspecified atom stereocenters. The van der Waals surface area contributed by atoms with Crippen molar-refractivity contribution in [3.63, 3.8) is 0 Å². The average molecular weight is 1810 g/mol. The van der Waals surface area contributed by atoms with Crippen LogP contribution in [0.3, 0.4) is 0 Å². The first-order valence-corrected chi connectivity index (χ1v) is 49.9. The Bertz CT molecular complexity index is 10500. The van der Waals surface area contributed by atoms with E-state index in [-0.39, 0.29) is 5.92 Å². The van der Waals surface area contributed by atoms with Gasteiger partial charge in [-0.15, -0.1) is 0 Å². The Labute approximate surface area is 825 Å². The molecular formula is C140H87N3. The molecule has 32 rings (SSSR count). The van der Waals surface area contributed by atoms with E-state index in [1.165, 1.54) is 290 Å². The highest BCUT2D eigenvalue weighted by Gasteiger charge is 2.38. The zero-order valence-electron chi connectivity index (χ0n) is 78.1. The number of rotatable bonds is 10. The molecule has 0 spiro atoms. The standard InChI is InChI=1S/C50H31N.C46H27N.C44H29N/c1-3-12-33(13-4-1)48-45-31-38-23-22-34-17-11-18-35-26-29-43(47(38)46(34)35)50(45)51(49(48)36-14-5-2-6-15-36)39-27-24-32(25-28-39)44-30-37-16-7-8-19-40(37)41-20-9-10-21-42(41)44;1-3-9-28(10-4-1)44-38-27-35-20-19-30-14-8-16-32-22-25-37(43(35)41(30)32)46(38)47(45(44)34-11-5-2-6-12-34)39-26-23-33-18-17-29-13-7-15-31-21-24-36(39)42(33)40(29)31;1-3-12-28(13-4-1)42-38-26-33-23-22-29-17-11-18-30-24-25-37(41(33)40(29)30)44(38)45(43(42)31-14-5-2-6-15-31)39-27-32-16-7-8-19-34(32)35-20-9-10-21-36(35)39/h1-31H;1-27H;1-16,18-27,41H,17H2. The molecule has 25 aromatic carbocycles. The van der Waals surface area contributed by atoms with Gasteiger partial charge in [-0.3, -0.25) is 0 Å². The number of benzene rings is 25. The molecule has 1 atom stereocenters. The molecule has 3 nitrogen and oxygen atoms in total. The summed E-state index contributed by atoms with van der Waals surface area (Å²) >= 11 is 0. The maximum Gasteiger partial charge on any atom is 0.0620 e. The van der Waals surface area contributed by atoms with Crippen LogP contribution in [0.25, 0.3) is 269 Å². The first kappa shape index (κ1) is 80.6. The van der Waals surface area contributed by atoms with Gasteiger partial charge in [-0.05, 0) is 246 Å². The summed E-state index contributed by atoms with van der Waals surface area (Å²) in [6.45, 7) is 0. The van der Waals surface area contributed by atoms with Crippen LogP contribution in [-0.2, 0) is 0 Å². The average Bonchev–Trinajstić information content (AvgIpc) is 1.55. The fourth-order valence-corrected chi connectivity index (χ4v) is 25.4. The summed E-state index contributed by atoms with van der Waals surface area (Å²) in [5.41, 5.74) is 30.3. The quantitative estimate of drug-likeness (QED) is 0.121. The highest BCUT2D eigenvalue weighted by atomic mass is 15.0. The molecule has 143 heavy (non-hydrogen) atoms. The molecule has 0 amide bonds. The van der Waals surface area contributed by atoms with Crippen molar-refractivity contribution in [1.29, 1.82) is 0 Å². The maximum atomic E-state index is 2.61. The van der Waals surface area contributed by atoms with Crippen molar-refractivity contribution in [3.05, 3.63) is 536 Å². The molecule has 4 aliphatic rings. The summed E-state index contributed by atoms with van der Waals surface area (Å²) < 4.78 is 7.73. The van der Waals surface area contributed by atoms with E-state index in [4.69, 9.17) is 0 Å². The second-order valence-electron chi connectivity index (χ2n) is 38.9. The van der Waals surface area contributed by atoms with Gasteiger partial charge in [0.15, 0.2) is 0 Å². The third kappa shape index (κ3) is 12.3. The van der Waals surface area contributed by atoms with E-state index in [0.29, 0.717) is 0 Å². The van der Waals surface area contributed by atoms with Gasteiger partial charge in [0, 0.05) is 65.8 Å². The van der Waals surface area contributed by atoms with Crippen LogP contribution in [0.5, 0.6) is 0 Å². The topological polar surface area (TPSA) is 14.8 Å². The second kappa shape index (κ2) is 32.0. The van der Waals surface area contributed by atoms with Gasteiger partial charge in [-0.1, -0.05) is 461 Å². The Morgan fingerprint density at radius 3 is 1.14 bits per heavy atom. The molecule has 0 aliphatic heterocycles. The van der Waals surface area contributed by atoms with Crippen molar-refractivity contribution in [2.45, 2.75) is 6.42 Å². The van der Waals surface area contributed by atoms with Crippen molar-refractivity contribution < 1.29 is 0 Å². The van der Waals surface area contributed by atoms with Gasteiger partial charge in [-0.2, -0.15) is 0 Å². The maximum absolute atomic E-state index is 2.61. The van der Waals surface area contributed by atoms with E-state index in [0.717, 1.165) is 12.1 Å². The molecule has 0 saturated heterocycles. The molecule has 0 N–H and O–H groups in total. The van der Waals surface area contributed by atoms with Crippen LogP contribution in [0, 0.1) is 5.92 Å². The van der Waals surface area contributed by atoms with Crippen LogP contribution in [0.15, 0.2) is 526 Å². The van der Waals surface area contributed by atoms with Gasteiger partial charge in [0.25, 0.3) is 0 Å². The summed E-state index contributed by atoms with van der Waals surface area (Å²) in [4.78, 5) is 0. The van der Waals surface area contributed by atoms with E-state index in [1.807, 2.05) is 0 Å². The van der Waals surface area contributed by atoms with Gasteiger partial charge >= 0.3 is 0 Å². The molecule has 3 heteroatoms. The largest absolute Gasteiger partial charge is 0.308 e. The molecule has 0 fully saturated rings. The molecule has 662 valence electrons. The second-order valence-corrected chi connectivity index (χ2v) is 38.9. The van der Waals surface area contributed by atoms with Crippen molar-refractivity contribution in [2.24, 2.45) is 5.92 Å². The van der Waals surface area contributed by atoms with Gasteiger partial charge in [-0.25, -0.2) is 0 Å². The lowest BCUT2D eigenvalue weighted by Gasteiger charge is -2.35. The molecule has 28 aromatic rings. The van der Waals surface area contributed by atoms with Crippen molar-refractivity contribution in [2.75, 3.05) is 0 Å². The fraction of sp³-hybridized carbons (Fsp3) is 0.0143. The van der Waals surface area contributed by atoms with Crippen molar-refractivity contribution in [3.8, 4) is 95.3 Å². The van der Waals surface area contributed by atoms with Gasteiger partial charge < -0.3 is 13.7 Å². The lowest BCUT2D eigenvalue weighted by Crippen LogP contribution is -2.39. The predicted molar refractivity (Wildman–Crippen MR) is 608 cm³/mol. The molecule has 3 heterocycles. The van der Waals surface area contributed by atoms with E-state index in [9.17, 15) is 0 Å². The Morgan fingerprint density at radius 1 is 0.224 bits per heavy atom. The monoisotopic (exact) mass is 1810 g/mol. The molecule has 0 radical (unpaired) electrons. The SMILES string of the molecule is C1=CC2=C3C(=CC=C4C=c5c(-c6ccccc6)c(-c6ccccc6)n(-c6cc7ccccc7c7ccccc67)c5=C(C=C2)C43)C1.c1ccc(-c2c(-c3ccccc3)n(-c3ccc(-c4cc5ccccc5c5ccccc45)cc3)c3c2cc2ccc4cccc5ccc3c2c45)cc1.c1ccc(-c2c(-c3ccccc3)n(-c3ccc4ccc5cccc6ccc3c4c56)c3c2cc2ccc4cccc5ccc3c2c45)cc1. The summed E-state index contributed by atoms with van der Waals surface area (Å²) in [6.07, 6.45) is 17.6. The van der Waals surface area contributed by atoms with Crippen LogP contribution >= 0.6 is 0 Å². The Hall–Kier alpha value is -18.5. The first-order valence-electron chi connectivity index (χ1n) is 49.9. The van der Waals surface area contributed by atoms with Gasteiger partial charge in [0.1, 0.15) is 0 Å². The zero-order chi connectivity index (χ0) is 93.6. The summed E-state index contributed by atoms with van der Waals surface area (Å²) in [5.74, 6) is 0.232. The highest BCUT2D eigenvalue weighted by Crippen LogP contribution is 2.55. The summed E-state index contributed by atoms with van der Waals surface area (Å²) in [6, 6.07) is 172. The van der Waals surface area contributed by atoms with Crippen molar-refractivity contribution >= 4 is 173 Å². The third-order valence-corrected chi connectivity index (χ3v) is 31.3. The molecule has 0 bridgehead atoms. The molecular weight excluding hydrogens is 1720 g/mol. The number of nitrogens with zero attached hydrogens (tertiary/aromatic N) is 3. The lowest BCUT2D eigenvalue weighted by molar-refractivity contribution is 0.878. The van der Waals surface area contributed by atoms with Crippen LogP contribution in [0.1, 0.15) is 6.42 Å². The number of hydrogen-bond donors (Lipinski definition) is 0. The molecule has 0 saturated carbocycles. The van der Waals surface area contributed by atoms with Crippen molar-refractivity contribution in [1.82, 2.24) is 13.7 Å². The smallest absolute Gasteiger partial charge is 0.0620 e. The van der Waals surface area contributed by atoms with Crippen LogP contribution in [0.2, 0.25) is 0 Å². The van der Waals surface area contributed by atoms with Gasteiger partial charge in [0.2, 0.25) is 0 Å². The molecule has 4 aliphatic carbocycles. The summed E-state index contributed by atoms with van der Waals surface area (Å²) in [7, 11) is 0. The molecule has 3 aromatic heterocycles. The van der Waals surface area contributed by atoms with E-state index < -0.39 is 0 Å². The number of aromatic nitrogens is 3. The Balaban J connectivity index is 0.000000100. The van der Waals surface area contributed by atoms with E-state index >= 15 is 0 Å². The number of fused-ring (bicyclic) bond motifs is 11. The summed E-state index contributed by atoms with van der Waals surface area (Å²) in [5, 5.41) is 38.7. The first-order chi connectivity index (χ1) is 71.0. The fourth-order valence-electron chi connectivity index (χ4n) is 25.4.